The molecule has 1 N–H and O–H groups in total. The van der Waals surface area contributed by atoms with Crippen LogP contribution in [-0.2, 0) is 24.3 Å². The molecule has 0 radical (unpaired) electrons. The van der Waals surface area contributed by atoms with Crippen molar-refractivity contribution in [2.45, 2.75) is 39.8 Å². The molecule has 14 heteroatoms. The van der Waals surface area contributed by atoms with Gasteiger partial charge in [-0.3, -0.25) is 18.7 Å². The zero-order valence-corrected chi connectivity index (χ0v) is 23.4. The first kappa shape index (κ1) is 30.2. The van der Waals surface area contributed by atoms with Crippen LogP contribution in [0.25, 0.3) is 15.2 Å². The molecule has 212 valence electrons. The molecule has 0 saturated carbocycles. The van der Waals surface area contributed by atoms with Crippen LogP contribution >= 0.6 is 11.3 Å². The zero-order valence-electron chi connectivity index (χ0n) is 22.6. The second-order valence-electron chi connectivity index (χ2n) is 8.60. The summed E-state index contributed by atoms with van der Waals surface area (Å²) in [5.74, 6) is -0.283. The van der Waals surface area contributed by atoms with Gasteiger partial charge in [0.25, 0.3) is 5.56 Å². The largest absolute Gasteiger partial charge is 0.496 e. The maximum absolute atomic E-state index is 13.9. The van der Waals surface area contributed by atoms with Crippen LogP contribution in [0, 0.1) is 24.1 Å². The van der Waals surface area contributed by atoms with Crippen molar-refractivity contribution in [3.63, 3.8) is 0 Å². The van der Waals surface area contributed by atoms with E-state index in [1.54, 1.807) is 27.0 Å². The Morgan fingerprint density at radius 1 is 1.25 bits per heavy atom. The van der Waals surface area contributed by atoms with E-state index in [0.29, 0.717) is 38.6 Å². The molecule has 0 aliphatic heterocycles. The molecule has 0 aliphatic rings. The molecule has 0 aliphatic carbocycles. The lowest BCUT2D eigenvalue weighted by molar-refractivity contribution is -0.130. The number of carbonyl (C=O) groups is 1. The fourth-order valence-electron chi connectivity index (χ4n) is 3.89. The van der Waals surface area contributed by atoms with Crippen molar-refractivity contribution in [2.75, 3.05) is 27.3 Å². The third kappa shape index (κ3) is 6.44. The number of fused-ring (bicyclic) bond motifs is 1. The lowest BCUT2D eigenvalue weighted by Crippen LogP contribution is -2.44. The van der Waals surface area contributed by atoms with Crippen LogP contribution in [0.3, 0.4) is 0 Å². The minimum absolute atomic E-state index is 0.0174. The highest BCUT2D eigenvalue weighted by atomic mass is 32.1. The van der Waals surface area contributed by atoms with Crippen molar-refractivity contribution in [3.8, 4) is 16.8 Å². The SMILES string of the molecule is CCN(C)C(=O)Cn1c(=O)c2c(C)c(-n3nccn3)sc2n(CCc2cc(F)ccc2OC)c1=O.N#CCCO. The molecule has 12 nitrogen and oxygen atoms in total. The summed E-state index contributed by atoms with van der Waals surface area (Å²) in [5.41, 5.74) is 0.0224. The number of rotatable bonds is 9. The number of nitrogens with zero attached hydrogens (tertiary/aromatic N) is 7. The van der Waals surface area contributed by atoms with Crippen LogP contribution < -0.4 is 16.0 Å². The van der Waals surface area contributed by atoms with Gasteiger partial charge in [-0.15, -0.1) is 4.80 Å². The number of amides is 1. The van der Waals surface area contributed by atoms with E-state index < -0.39 is 17.1 Å². The number of aromatic nitrogens is 5. The number of hydrogen-bond acceptors (Lipinski definition) is 9. The van der Waals surface area contributed by atoms with E-state index in [-0.39, 0.29) is 38.4 Å². The Bertz CT molecular complexity index is 1640. The number of nitriles is 1. The Kier molecular flexibility index (Phi) is 10.3. The minimum atomic E-state index is -0.614. The van der Waals surface area contributed by atoms with Crippen LogP contribution in [0.4, 0.5) is 4.39 Å². The third-order valence-corrected chi connectivity index (χ3v) is 7.41. The number of thiophene rings is 1. The van der Waals surface area contributed by atoms with Gasteiger partial charge in [0.2, 0.25) is 5.91 Å². The first-order valence-electron chi connectivity index (χ1n) is 12.4. The van der Waals surface area contributed by atoms with Crippen LogP contribution in [-0.4, -0.2) is 67.4 Å². The molecule has 3 heterocycles. The van der Waals surface area contributed by atoms with Crippen molar-refractivity contribution in [3.05, 3.63) is 68.4 Å². The number of ether oxygens (including phenoxy) is 1. The molecule has 1 amide bonds. The lowest BCUT2D eigenvalue weighted by atomic mass is 10.1. The molecule has 0 spiro atoms. The number of aliphatic hydroxyl groups excluding tert-OH is 1. The predicted octanol–water partition coefficient (Wildman–Crippen LogP) is 1.87. The molecule has 0 bridgehead atoms. The first-order chi connectivity index (χ1) is 19.2. The second kappa shape index (κ2) is 13.6. The van der Waals surface area contributed by atoms with Crippen molar-refractivity contribution in [1.29, 1.82) is 5.26 Å². The maximum atomic E-state index is 13.9. The van der Waals surface area contributed by atoms with Crippen molar-refractivity contribution in [1.82, 2.24) is 29.0 Å². The molecule has 4 rings (SSSR count). The van der Waals surface area contributed by atoms with E-state index in [9.17, 15) is 18.8 Å². The van der Waals surface area contributed by atoms with Crippen LogP contribution in [0.1, 0.15) is 24.5 Å². The van der Waals surface area contributed by atoms with E-state index in [4.69, 9.17) is 15.1 Å². The Balaban J connectivity index is 0.000000810. The highest BCUT2D eigenvalue weighted by Crippen LogP contribution is 2.30. The number of carbonyl (C=O) groups excluding carboxylic acids is 1. The zero-order chi connectivity index (χ0) is 29.4. The number of hydrogen-bond donors (Lipinski definition) is 1. The fourth-order valence-corrected chi connectivity index (χ4v) is 5.12. The third-order valence-electron chi connectivity index (χ3n) is 6.13. The van der Waals surface area contributed by atoms with Gasteiger partial charge in [0.05, 0.1) is 44.0 Å². The standard InChI is InChI=1S/C23H25FN6O4S.C3H5NO/c1-5-27(3)18(31)13-29-20(32)19-14(2)21(30-25-9-10-26-30)35-22(19)28(23(29)33)11-8-15-12-16(24)6-7-17(15)34-4;4-2-1-3-5/h6-7,9-10,12H,5,8,11,13H2,1-4H3;5H,1,3H2. The fraction of sp³-hybridized carbons (Fsp3) is 0.385. The monoisotopic (exact) mass is 571 g/mol. The van der Waals surface area contributed by atoms with Gasteiger partial charge >= 0.3 is 5.69 Å². The molecule has 0 fully saturated rings. The summed E-state index contributed by atoms with van der Waals surface area (Å²) >= 11 is 1.21. The summed E-state index contributed by atoms with van der Waals surface area (Å²) in [7, 11) is 3.10. The molecule has 1 aromatic carbocycles. The van der Waals surface area contributed by atoms with E-state index in [1.165, 1.54) is 63.3 Å². The summed E-state index contributed by atoms with van der Waals surface area (Å²) < 4.78 is 21.6. The first-order valence-corrected chi connectivity index (χ1v) is 13.2. The highest BCUT2D eigenvalue weighted by Gasteiger charge is 2.23. The Morgan fingerprint density at radius 2 is 1.95 bits per heavy atom. The lowest BCUT2D eigenvalue weighted by Gasteiger charge is -2.17. The number of aryl methyl sites for hydroxylation is 3. The number of methoxy groups -OCH3 is 1. The average Bonchev–Trinajstić information content (AvgIpc) is 3.59. The molecular formula is C26H30FN7O5S. The number of benzene rings is 1. The number of halogens is 1. The predicted molar refractivity (Wildman–Crippen MR) is 147 cm³/mol. The van der Waals surface area contributed by atoms with E-state index >= 15 is 0 Å². The molecule has 0 saturated heterocycles. The molecule has 0 atom stereocenters. The summed E-state index contributed by atoms with van der Waals surface area (Å²) in [6.07, 6.45) is 3.55. The summed E-state index contributed by atoms with van der Waals surface area (Å²) in [5, 5.41) is 24.7. The van der Waals surface area contributed by atoms with Crippen molar-refractivity contribution < 1.29 is 19.0 Å². The second-order valence-corrected chi connectivity index (χ2v) is 9.58. The van der Waals surface area contributed by atoms with Crippen LogP contribution in [0.15, 0.2) is 40.2 Å². The van der Waals surface area contributed by atoms with Crippen molar-refractivity contribution >= 4 is 27.5 Å². The minimum Gasteiger partial charge on any atom is -0.496 e. The van der Waals surface area contributed by atoms with Gasteiger partial charge in [0.1, 0.15) is 27.9 Å². The van der Waals surface area contributed by atoms with Gasteiger partial charge < -0.3 is 14.7 Å². The molecule has 40 heavy (non-hydrogen) atoms. The molecule has 4 aromatic rings. The summed E-state index contributed by atoms with van der Waals surface area (Å²) in [6, 6.07) is 5.95. The van der Waals surface area contributed by atoms with Crippen LogP contribution in [0.5, 0.6) is 5.75 Å². The number of likely N-dealkylation sites (N-methyl/N-ethyl adjacent to an activating group) is 1. The summed E-state index contributed by atoms with van der Waals surface area (Å²) in [6.45, 7) is 3.74. The van der Waals surface area contributed by atoms with E-state index in [0.717, 1.165) is 4.57 Å². The van der Waals surface area contributed by atoms with Gasteiger partial charge in [-0.1, -0.05) is 11.3 Å². The van der Waals surface area contributed by atoms with Gasteiger partial charge in [-0.25, -0.2) is 9.18 Å². The Labute approximate surface area is 233 Å². The smallest absolute Gasteiger partial charge is 0.332 e. The van der Waals surface area contributed by atoms with Gasteiger partial charge in [0.15, 0.2) is 0 Å². The topological polar surface area (TPSA) is 148 Å². The average molecular weight is 572 g/mol. The molecular weight excluding hydrogens is 541 g/mol. The quantitative estimate of drug-likeness (QED) is 0.320. The van der Waals surface area contributed by atoms with Gasteiger partial charge in [-0.05, 0) is 44.0 Å². The van der Waals surface area contributed by atoms with Crippen LogP contribution in [0.2, 0.25) is 0 Å². The summed E-state index contributed by atoms with van der Waals surface area (Å²) in [4.78, 5) is 42.8. The Morgan fingerprint density at radius 3 is 2.52 bits per heavy atom. The van der Waals surface area contributed by atoms with Gasteiger partial charge in [-0.2, -0.15) is 15.5 Å². The Hall–Kier alpha value is -4.35. The highest BCUT2D eigenvalue weighted by molar-refractivity contribution is 7.21. The number of aliphatic hydroxyl groups is 1. The maximum Gasteiger partial charge on any atom is 0.332 e. The van der Waals surface area contributed by atoms with Gasteiger partial charge in [0, 0.05) is 25.7 Å². The van der Waals surface area contributed by atoms with E-state index in [1.807, 2.05) is 0 Å². The van der Waals surface area contributed by atoms with E-state index in [2.05, 4.69) is 10.2 Å². The molecule has 3 aromatic heterocycles. The normalized spacial score (nSPS) is 10.6. The molecule has 0 unspecified atom stereocenters. The van der Waals surface area contributed by atoms with Crippen molar-refractivity contribution in [2.24, 2.45) is 0 Å².